The topological polar surface area (TPSA) is 35.5 Å². The normalized spacial score (nSPS) is 12.3. The lowest BCUT2D eigenvalue weighted by Crippen LogP contribution is -2.41. The number of carbonyl (C=O) groups excluding carboxylic acids is 1. The third-order valence-corrected chi connectivity index (χ3v) is 9.94. The highest BCUT2D eigenvalue weighted by Gasteiger charge is 2.36. The lowest BCUT2D eigenvalue weighted by Gasteiger charge is -2.36. The number of ether oxygens (including phenoxy) is 1. The third-order valence-electron chi connectivity index (χ3n) is 4.28. The van der Waals surface area contributed by atoms with Crippen LogP contribution in [0.5, 0.6) is 0 Å². The molecule has 1 aromatic rings. The Kier molecular flexibility index (Phi) is 6.86. The van der Waals surface area contributed by atoms with Gasteiger partial charge < -0.3 is 9.16 Å². The van der Waals surface area contributed by atoms with Gasteiger partial charge in [0.2, 0.25) is 0 Å². The number of benzene rings is 1. The summed E-state index contributed by atoms with van der Waals surface area (Å²) in [5, 5.41) is 0.182. The average molecular weight is 359 g/mol. The van der Waals surface area contributed by atoms with Crippen molar-refractivity contribution in [2.45, 2.75) is 50.7 Å². The first-order valence-electron chi connectivity index (χ1n) is 7.65. The minimum Gasteiger partial charge on any atom is -0.465 e. The Morgan fingerprint density at radius 2 is 1.91 bits per heavy atom. The number of thioether (sulfide) groups is 1. The van der Waals surface area contributed by atoms with Gasteiger partial charge in [0.05, 0.1) is 12.7 Å². The van der Waals surface area contributed by atoms with Crippen molar-refractivity contribution in [3.05, 3.63) is 29.1 Å². The molecule has 0 saturated heterocycles. The van der Waals surface area contributed by atoms with Crippen LogP contribution in [0.1, 0.15) is 36.7 Å². The molecule has 0 heterocycles. The summed E-state index contributed by atoms with van der Waals surface area (Å²) in [5.74, 6) is -0.433. The SMILES string of the molecule is COC(=O)c1cc(SCCO[Si](C)(C)C(C)(C)C)c(C)cc1F. The number of aryl methyl sites for hydroxylation is 1. The van der Waals surface area contributed by atoms with Crippen molar-refractivity contribution in [3.63, 3.8) is 0 Å². The molecule has 3 nitrogen and oxygen atoms in total. The monoisotopic (exact) mass is 358 g/mol. The molecule has 0 aliphatic heterocycles. The van der Waals surface area contributed by atoms with Gasteiger partial charge in [-0.15, -0.1) is 11.8 Å². The van der Waals surface area contributed by atoms with E-state index in [0.29, 0.717) is 6.61 Å². The van der Waals surface area contributed by atoms with Crippen molar-refractivity contribution in [1.29, 1.82) is 0 Å². The molecule has 0 bridgehead atoms. The number of methoxy groups -OCH3 is 1. The molecule has 0 radical (unpaired) electrons. The Morgan fingerprint density at radius 1 is 1.30 bits per heavy atom. The summed E-state index contributed by atoms with van der Waals surface area (Å²) >= 11 is 1.57. The van der Waals surface area contributed by atoms with Gasteiger partial charge in [-0.05, 0) is 42.8 Å². The van der Waals surface area contributed by atoms with Crippen LogP contribution in [0.25, 0.3) is 0 Å². The maximum absolute atomic E-state index is 13.8. The molecular weight excluding hydrogens is 331 g/mol. The van der Waals surface area contributed by atoms with Gasteiger partial charge in [0, 0.05) is 17.3 Å². The second kappa shape index (κ2) is 7.81. The molecule has 0 unspecified atom stereocenters. The zero-order chi connectivity index (χ0) is 17.8. The zero-order valence-corrected chi connectivity index (χ0v) is 16.9. The second-order valence-electron chi connectivity index (χ2n) is 7.05. The smallest absolute Gasteiger partial charge is 0.340 e. The third kappa shape index (κ3) is 5.33. The lowest BCUT2D eigenvalue weighted by molar-refractivity contribution is 0.0595. The Labute approximate surface area is 144 Å². The van der Waals surface area contributed by atoms with Crippen molar-refractivity contribution in [2.24, 2.45) is 0 Å². The Morgan fingerprint density at radius 3 is 2.43 bits per heavy atom. The van der Waals surface area contributed by atoms with E-state index in [1.165, 1.54) is 13.2 Å². The molecule has 0 aliphatic carbocycles. The van der Waals surface area contributed by atoms with Gasteiger partial charge >= 0.3 is 5.97 Å². The van der Waals surface area contributed by atoms with E-state index in [1.807, 2.05) is 6.92 Å². The van der Waals surface area contributed by atoms with Gasteiger partial charge in [-0.25, -0.2) is 9.18 Å². The number of halogens is 1. The molecular formula is C17H27FO3SSi. The quantitative estimate of drug-likeness (QED) is 0.309. The predicted molar refractivity (Wildman–Crippen MR) is 96.3 cm³/mol. The molecule has 1 rings (SSSR count). The van der Waals surface area contributed by atoms with Crippen LogP contribution in [0.2, 0.25) is 18.1 Å². The van der Waals surface area contributed by atoms with Crippen LogP contribution in [0, 0.1) is 12.7 Å². The standard InChI is InChI=1S/C17H27FO3SSi/c1-12-10-14(18)13(16(19)20-5)11-15(12)22-9-8-21-23(6,7)17(2,3)4/h10-11H,8-9H2,1-7H3. The summed E-state index contributed by atoms with van der Waals surface area (Å²) in [5.41, 5.74) is 0.790. The summed E-state index contributed by atoms with van der Waals surface area (Å²) in [7, 11) is -0.496. The molecule has 0 amide bonds. The van der Waals surface area contributed by atoms with E-state index in [2.05, 4.69) is 38.6 Å². The Hall–Kier alpha value is -0.853. The van der Waals surface area contributed by atoms with E-state index in [9.17, 15) is 9.18 Å². The highest BCUT2D eigenvalue weighted by atomic mass is 32.2. The van der Waals surface area contributed by atoms with Crippen molar-refractivity contribution in [2.75, 3.05) is 19.5 Å². The van der Waals surface area contributed by atoms with Crippen LogP contribution < -0.4 is 0 Å². The van der Waals surface area contributed by atoms with Gasteiger partial charge in [0.15, 0.2) is 8.32 Å². The number of hydrogen-bond donors (Lipinski definition) is 0. The molecule has 0 aromatic heterocycles. The molecule has 0 saturated carbocycles. The highest BCUT2D eigenvalue weighted by Crippen LogP contribution is 2.36. The van der Waals surface area contributed by atoms with Crippen molar-refractivity contribution in [3.8, 4) is 0 Å². The Bertz CT molecular complexity index is 568. The predicted octanol–water partition coefficient (Wildman–Crippen LogP) is 5.03. The van der Waals surface area contributed by atoms with Gasteiger partial charge in [-0.2, -0.15) is 0 Å². The van der Waals surface area contributed by atoms with E-state index in [1.54, 1.807) is 17.8 Å². The van der Waals surface area contributed by atoms with Crippen molar-refractivity contribution >= 4 is 26.0 Å². The molecule has 0 atom stereocenters. The molecule has 23 heavy (non-hydrogen) atoms. The first kappa shape index (κ1) is 20.2. The molecule has 0 aliphatic rings. The molecule has 0 spiro atoms. The van der Waals surface area contributed by atoms with Gasteiger partial charge in [-0.1, -0.05) is 20.8 Å². The lowest BCUT2D eigenvalue weighted by atomic mass is 10.1. The number of esters is 1. The van der Waals surface area contributed by atoms with Crippen molar-refractivity contribution < 1.29 is 18.3 Å². The summed E-state index contributed by atoms with van der Waals surface area (Å²) in [6, 6.07) is 2.94. The first-order chi connectivity index (χ1) is 10.5. The maximum Gasteiger partial charge on any atom is 0.340 e. The first-order valence-corrected chi connectivity index (χ1v) is 11.5. The molecule has 1 aromatic carbocycles. The van der Waals surface area contributed by atoms with E-state index < -0.39 is 20.1 Å². The minimum absolute atomic E-state index is 0.0223. The summed E-state index contributed by atoms with van der Waals surface area (Å²) < 4.78 is 24.6. The van der Waals surface area contributed by atoms with Crippen LogP contribution in [0.3, 0.4) is 0 Å². The molecule has 6 heteroatoms. The fourth-order valence-electron chi connectivity index (χ4n) is 1.74. The van der Waals surface area contributed by atoms with Crippen LogP contribution >= 0.6 is 11.8 Å². The average Bonchev–Trinajstić information content (AvgIpc) is 2.43. The van der Waals surface area contributed by atoms with Crippen LogP contribution in [-0.4, -0.2) is 33.8 Å². The zero-order valence-electron chi connectivity index (χ0n) is 15.1. The van der Waals surface area contributed by atoms with Crippen LogP contribution in [-0.2, 0) is 9.16 Å². The van der Waals surface area contributed by atoms with Gasteiger partial charge in [-0.3, -0.25) is 0 Å². The molecule has 0 N–H and O–H groups in total. The fourth-order valence-corrected chi connectivity index (χ4v) is 3.81. The number of rotatable bonds is 6. The minimum atomic E-state index is -1.75. The summed E-state index contributed by atoms with van der Waals surface area (Å²) in [6.45, 7) is 13.5. The van der Waals surface area contributed by atoms with E-state index in [0.717, 1.165) is 16.2 Å². The van der Waals surface area contributed by atoms with Crippen molar-refractivity contribution in [1.82, 2.24) is 0 Å². The fraction of sp³-hybridized carbons (Fsp3) is 0.588. The number of carbonyl (C=O) groups is 1. The van der Waals surface area contributed by atoms with Crippen LogP contribution in [0.15, 0.2) is 17.0 Å². The Balaban J connectivity index is 2.70. The van der Waals surface area contributed by atoms with E-state index in [-0.39, 0.29) is 10.6 Å². The van der Waals surface area contributed by atoms with E-state index in [4.69, 9.17) is 4.43 Å². The van der Waals surface area contributed by atoms with Gasteiger partial charge in [0.1, 0.15) is 5.82 Å². The molecule has 130 valence electrons. The maximum atomic E-state index is 13.8. The molecule has 0 fully saturated rings. The van der Waals surface area contributed by atoms with Gasteiger partial charge in [0.25, 0.3) is 0 Å². The summed E-state index contributed by atoms with van der Waals surface area (Å²) in [6.07, 6.45) is 0. The highest BCUT2D eigenvalue weighted by molar-refractivity contribution is 7.99. The van der Waals surface area contributed by atoms with Crippen LogP contribution in [0.4, 0.5) is 4.39 Å². The number of hydrogen-bond acceptors (Lipinski definition) is 4. The van der Waals surface area contributed by atoms with E-state index >= 15 is 0 Å². The largest absolute Gasteiger partial charge is 0.465 e. The second-order valence-corrected chi connectivity index (χ2v) is 13.0. The summed E-state index contributed by atoms with van der Waals surface area (Å²) in [4.78, 5) is 12.5.